The molecule has 146 valence electrons. The Hall–Kier alpha value is -3.83. The summed E-state index contributed by atoms with van der Waals surface area (Å²) in [5.74, 6) is 1.56. The van der Waals surface area contributed by atoms with Crippen LogP contribution in [0.3, 0.4) is 0 Å². The Bertz CT molecular complexity index is 1330. The number of ether oxygens (including phenoxy) is 1. The van der Waals surface area contributed by atoms with E-state index >= 15 is 0 Å². The summed E-state index contributed by atoms with van der Waals surface area (Å²) in [5.41, 5.74) is 11.1. The Morgan fingerprint density at radius 1 is 0.833 bits per heavy atom. The quantitative estimate of drug-likeness (QED) is 0.338. The molecule has 0 atom stereocenters. The van der Waals surface area contributed by atoms with E-state index in [1.807, 2.05) is 72.8 Å². The van der Waals surface area contributed by atoms with Crippen LogP contribution in [0.1, 0.15) is 0 Å². The van der Waals surface area contributed by atoms with Gasteiger partial charge in [-0.2, -0.15) is 5.10 Å². The summed E-state index contributed by atoms with van der Waals surface area (Å²) in [6.45, 7) is 0. The third-order valence-electron chi connectivity index (χ3n) is 4.86. The molecule has 30 heavy (non-hydrogen) atoms. The molecule has 5 aromatic rings. The fourth-order valence-corrected chi connectivity index (χ4v) is 3.56. The number of para-hydroxylation sites is 1. The van der Waals surface area contributed by atoms with Gasteiger partial charge in [-0.1, -0.05) is 35.9 Å². The third-order valence-corrected chi connectivity index (χ3v) is 5.09. The van der Waals surface area contributed by atoms with E-state index in [9.17, 15) is 0 Å². The molecule has 0 amide bonds. The van der Waals surface area contributed by atoms with Gasteiger partial charge in [0.1, 0.15) is 11.5 Å². The highest BCUT2D eigenvalue weighted by molar-refractivity contribution is 6.31. The number of fused-ring (bicyclic) bond motifs is 1. The number of aromatic nitrogens is 3. The van der Waals surface area contributed by atoms with Crippen molar-refractivity contribution in [1.29, 1.82) is 0 Å². The van der Waals surface area contributed by atoms with Crippen molar-refractivity contribution in [3.05, 3.63) is 90.1 Å². The number of anilines is 1. The van der Waals surface area contributed by atoms with Gasteiger partial charge in [0.25, 0.3) is 0 Å². The monoisotopic (exact) mass is 412 g/mol. The van der Waals surface area contributed by atoms with Crippen LogP contribution in [-0.4, -0.2) is 15.2 Å². The highest BCUT2D eigenvalue weighted by atomic mass is 35.5. The average molecular weight is 413 g/mol. The Balaban J connectivity index is 1.50. The van der Waals surface area contributed by atoms with Crippen LogP contribution in [0, 0.1) is 0 Å². The number of aromatic amines is 1. The second-order valence-electron chi connectivity index (χ2n) is 6.86. The molecule has 0 unspecified atom stereocenters. The Morgan fingerprint density at radius 2 is 1.60 bits per heavy atom. The minimum absolute atomic E-state index is 0.604. The molecule has 0 aliphatic carbocycles. The maximum Gasteiger partial charge on any atom is 0.181 e. The van der Waals surface area contributed by atoms with Gasteiger partial charge >= 0.3 is 0 Å². The minimum atomic E-state index is 0.604. The molecule has 0 bridgehead atoms. The standard InChI is InChI=1S/C24H17ClN4O/c25-17-8-11-20(22(26)13-17)16-12-21-23(28-29-24(21)27-14-16)15-6-9-19(10-7-15)30-18-4-2-1-3-5-18/h1-14H,26H2,(H,27,28,29). The molecule has 2 heterocycles. The molecule has 5 nitrogen and oxygen atoms in total. The molecule has 2 aromatic heterocycles. The minimum Gasteiger partial charge on any atom is -0.457 e. The van der Waals surface area contributed by atoms with Crippen molar-refractivity contribution in [3.8, 4) is 33.9 Å². The number of rotatable bonds is 4. The van der Waals surface area contributed by atoms with Crippen LogP contribution in [0.25, 0.3) is 33.4 Å². The van der Waals surface area contributed by atoms with E-state index in [-0.39, 0.29) is 0 Å². The van der Waals surface area contributed by atoms with Crippen molar-refractivity contribution < 1.29 is 4.74 Å². The number of nitrogens with two attached hydrogens (primary N) is 1. The Morgan fingerprint density at radius 3 is 2.37 bits per heavy atom. The summed E-state index contributed by atoms with van der Waals surface area (Å²) in [5, 5.41) is 8.95. The first-order chi connectivity index (χ1) is 14.7. The fourth-order valence-electron chi connectivity index (χ4n) is 3.38. The maximum atomic E-state index is 6.15. The number of halogens is 1. The molecular formula is C24H17ClN4O. The molecule has 0 fully saturated rings. The number of nitrogen functional groups attached to an aromatic ring is 1. The smallest absolute Gasteiger partial charge is 0.181 e. The first-order valence-corrected chi connectivity index (χ1v) is 9.78. The molecule has 0 spiro atoms. The Kier molecular flexibility index (Phi) is 4.58. The number of nitrogens with zero attached hydrogens (tertiary/aromatic N) is 2. The zero-order valence-corrected chi connectivity index (χ0v) is 16.6. The van der Waals surface area contributed by atoms with E-state index in [2.05, 4.69) is 15.2 Å². The number of nitrogens with one attached hydrogen (secondary N) is 1. The normalized spacial score (nSPS) is 11.0. The molecule has 0 radical (unpaired) electrons. The van der Waals surface area contributed by atoms with Gasteiger partial charge in [0.05, 0.1) is 5.69 Å². The molecule has 0 saturated carbocycles. The van der Waals surface area contributed by atoms with Crippen LogP contribution in [0.15, 0.2) is 85.1 Å². The number of hydrogen-bond donors (Lipinski definition) is 2. The van der Waals surface area contributed by atoms with E-state index < -0.39 is 0 Å². The topological polar surface area (TPSA) is 76.8 Å². The van der Waals surface area contributed by atoms with Gasteiger partial charge in [-0.25, -0.2) is 4.98 Å². The molecule has 3 N–H and O–H groups in total. The average Bonchev–Trinajstić information content (AvgIpc) is 3.18. The van der Waals surface area contributed by atoms with Gasteiger partial charge < -0.3 is 10.5 Å². The van der Waals surface area contributed by atoms with Crippen molar-refractivity contribution in [2.24, 2.45) is 0 Å². The first-order valence-electron chi connectivity index (χ1n) is 9.40. The van der Waals surface area contributed by atoms with Crippen molar-refractivity contribution in [3.63, 3.8) is 0 Å². The van der Waals surface area contributed by atoms with Gasteiger partial charge in [0, 0.05) is 39.0 Å². The predicted molar refractivity (Wildman–Crippen MR) is 121 cm³/mol. The van der Waals surface area contributed by atoms with Crippen LogP contribution in [-0.2, 0) is 0 Å². The van der Waals surface area contributed by atoms with Crippen molar-refractivity contribution >= 4 is 28.3 Å². The van der Waals surface area contributed by atoms with Crippen LogP contribution in [0.4, 0.5) is 5.69 Å². The number of benzene rings is 3. The lowest BCUT2D eigenvalue weighted by Crippen LogP contribution is -1.91. The molecule has 6 heteroatoms. The number of H-pyrrole nitrogens is 1. The van der Waals surface area contributed by atoms with Crippen molar-refractivity contribution in [2.75, 3.05) is 5.73 Å². The summed E-state index contributed by atoms with van der Waals surface area (Å²) in [6, 6.07) is 25.0. The molecule has 0 saturated heterocycles. The molecule has 0 aliphatic heterocycles. The van der Waals surface area contributed by atoms with Gasteiger partial charge in [-0.3, -0.25) is 5.10 Å². The SMILES string of the molecule is Nc1cc(Cl)ccc1-c1cnc2n[nH]c(-c3ccc(Oc4ccccc4)cc3)c2c1. The van der Waals surface area contributed by atoms with E-state index in [0.717, 1.165) is 39.3 Å². The van der Waals surface area contributed by atoms with Crippen LogP contribution < -0.4 is 10.5 Å². The molecular weight excluding hydrogens is 396 g/mol. The van der Waals surface area contributed by atoms with E-state index in [1.54, 1.807) is 12.3 Å². The van der Waals surface area contributed by atoms with Crippen molar-refractivity contribution in [1.82, 2.24) is 15.2 Å². The summed E-state index contributed by atoms with van der Waals surface area (Å²) in [4.78, 5) is 4.49. The van der Waals surface area contributed by atoms with E-state index in [1.165, 1.54) is 0 Å². The zero-order chi connectivity index (χ0) is 20.5. The van der Waals surface area contributed by atoms with Crippen LogP contribution >= 0.6 is 11.6 Å². The molecule has 3 aromatic carbocycles. The number of pyridine rings is 1. The summed E-state index contributed by atoms with van der Waals surface area (Å²) < 4.78 is 5.88. The highest BCUT2D eigenvalue weighted by Gasteiger charge is 2.12. The fraction of sp³-hybridized carbons (Fsp3) is 0. The third kappa shape index (κ3) is 3.47. The van der Waals surface area contributed by atoms with Gasteiger partial charge in [-0.05, 0) is 54.6 Å². The van der Waals surface area contributed by atoms with Crippen molar-refractivity contribution in [2.45, 2.75) is 0 Å². The molecule has 5 rings (SSSR count). The summed E-state index contributed by atoms with van der Waals surface area (Å²) in [7, 11) is 0. The maximum absolute atomic E-state index is 6.15. The largest absolute Gasteiger partial charge is 0.457 e. The predicted octanol–water partition coefficient (Wildman–Crippen LogP) is 6.32. The lowest BCUT2D eigenvalue weighted by Gasteiger charge is -2.07. The lowest BCUT2D eigenvalue weighted by atomic mass is 10.0. The number of hydrogen-bond acceptors (Lipinski definition) is 4. The molecule has 0 aliphatic rings. The highest BCUT2D eigenvalue weighted by Crippen LogP contribution is 2.33. The van der Waals surface area contributed by atoms with Crippen LogP contribution in [0.5, 0.6) is 11.5 Å². The Labute approximate surface area is 178 Å². The lowest BCUT2D eigenvalue weighted by molar-refractivity contribution is 0.483. The second-order valence-corrected chi connectivity index (χ2v) is 7.30. The first kappa shape index (κ1) is 18.2. The zero-order valence-electron chi connectivity index (χ0n) is 15.8. The van der Waals surface area contributed by atoms with Gasteiger partial charge in [0.2, 0.25) is 0 Å². The summed E-state index contributed by atoms with van der Waals surface area (Å²) >= 11 is 6.03. The van der Waals surface area contributed by atoms with Crippen LogP contribution in [0.2, 0.25) is 5.02 Å². The van der Waals surface area contributed by atoms with Gasteiger partial charge in [-0.15, -0.1) is 0 Å². The van der Waals surface area contributed by atoms with Gasteiger partial charge in [0.15, 0.2) is 5.65 Å². The van der Waals surface area contributed by atoms with E-state index in [0.29, 0.717) is 16.4 Å². The summed E-state index contributed by atoms with van der Waals surface area (Å²) in [6.07, 6.45) is 1.77. The second kappa shape index (κ2) is 7.54. The van der Waals surface area contributed by atoms with E-state index in [4.69, 9.17) is 22.1 Å².